The summed E-state index contributed by atoms with van der Waals surface area (Å²) in [6.07, 6.45) is 11.6. The summed E-state index contributed by atoms with van der Waals surface area (Å²) in [7, 11) is 0. The summed E-state index contributed by atoms with van der Waals surface area (Å²) >= 11 is 0. The van der Waals surface area contributed by atoms with Gasteiger partial charge in [-0.2, -0.15) is 0 Å². The average Bonchev–Trinajstić information content (AvgIpc) is 3.03. The highest BCUT2D eigenvalue weighted by Gasteiger charge is 2.16. The summed E-state index contributed by atoms with van der Waals surface area (Å²) in [5.41, 5.74) is 3.87. The van der Waals surface area contributed by atoms with E-state index in [-0.39, 0.29) is 23.8 Å². The molecule has 0 aliphatic heterocycles. The number of carbonyl (C=O) groups is 3. The number of rotatable bonds is 11. The minimum atomic E-state index is -1.07. The van der Waals surface area contributed by atoms with E-state index in [2.05, 4.69) is 27.8 Å². The van der Waals surface area contributed by atoms with Crippen molar-refractivity contribution in [3.63, 3.8) is 0 Å². The molecule has 4 rings (SSSR count). The Morgan fingerprint density at radius 1 is 0.907 bits per heavy atom. The quantitative estimate of drug-likeness (QED) is 0.113. The van der Waals surface area contributed by atoms with Gasteiger partial charge in [-0.1, -0.05) is 67.3 Å². The highest BCUT2D eigenvalue weighted by molar-refractivity contribution is 6.04. The van der Waals surface area contributed by atoms with E-state index in [1.165, 1.54) is 0 Å². The number of hydrogen-bond donors (Lipinski definition) is 5. The Labute approximate surface area is 251 Å². The molecule has 5 N–H and O–H groups in total. The SMILES string of the molecule is C=C/C=C\C(=C/C)C(=O)NC1C=CC(NC(=O)c2cccc(C(O)Nc3ccc(NC(=O)c4ccccc4)cc3)c2)=CC1. The first-order valence-electron chi connectivity index (χ1n) is 13.8. The molecule has 1 aliphatic carbocycles. The molecule has 0 spiro atoms. The summed E-state index contributed by atoms with van der Waals surface area (Å²) in [5.74, 6) is -0.722. The highest BCUT2D eigenvalue weighted by atomic mass is 16.3. The molecular weight excluding hydrogens is 540 g/mol. The van der Waals surface area contributed by atoms with E-state index < -0.39 is 6.23 Å². The molecule has 1 aliphatic rings. The minimum absolute atomic E-state index is 0.189. The molecule has 0 saturated carbocycles. The van der Waals surface area contributed by atoms with Gasteiger partial charge in [-0.15, -0.1) is 0 Å². The standard InChI is InChI=1S/C35H34N4O4/c1-3-5-10-24(4-2)32(40)36-28-15-19-30(20-16-28)38-34(42)26-13-9-14-27(23-26)35(43)39-31-21-17-29(18-22-31)37-33(41)25-11-7-6-8-12-25/h3-15,17-23,28,35,39,43H,1,16H2,2H3,(H,36,40)(H,37,41)(H,38,42)/b10-5-,24-4+. The fourth-order valence-corrected chi connectivity index (χ4v) is 4.28. The average molecular weight is 575 g/mol. The monoisotopic (exact) mass is 574 g/mol. The van der Waals surface area contributed by atoms with E-state index in [0.29, 0.717) is 45.8 Å². The summed E-state index contributed by atoms with van der Waals surface area (Å²) in [6, 6.07) is 22.4. The maximum Gasteiger partial charge on any atom is 0.255 e. The number of anilines is 2. The van der Waals surface area contributed by atoms with Gasteiger partial charge in [0.1, 0.15) is 0 Å². The van der Waals surface area contributed by atoms with Crippen LogP contribution in [0.5, 0.6) is 0 Å². The molecular formula is C35H34N4O4. The normalized spacial score (nSPS) is 15.3. The number of allylic oxidation sites excluding steroid dienone is 4. The van der Waals surface area contributed by atoms with Crippen LogP contribution in [0.2, 0.25) is 0 Å². The topological polar surface area (TPSA) is 120 Å². The van der Waals surface area contributed by atoms with E-state index >= 15 is 0 Å². The Bertz CT molecular complexity index is 1590. The molecule has 0 aromatic heterocycles. The van der Waals surface area contributed by atoms with E-state index in [4.69, 9.17) is 0 Å². The van der Waals surface area contributed by atoms with Crippen LogP contribution < -0.4 is 21.3 Å². The van der Waals surface area contributed by atoms with Crippen LogP contribution in [0.4, 0.5) is 11.4 Å². The van der Waals surface area contributed by atoms with Gasteiger partial charge in [-0.3, -0.25) is 14.4 Å². The van der Waals surface area contributed by atoms with Crippen molar-refractivity contribution in [3.05, 3.63) is 156 Å². The third kappa shape index (κ3) is 8.76. The molecule has 0 radical (unpaired) electrons. The molecule has 0 fully saturated rings. The lowest BCUT2D eigenvalue weighted by Crippen LogP contribution is -2.35. The largest absolute Gasteiger partial charge is 0.369 e. The second-order valence-electron chi connectivity index (χ2n) is 9.70. The van der Waals surface area contributed by atoms with Crippen molar-refractivity contribution >= 4 is 29.1 Å². The number of aliphatic hydroxyl groups is 1. The zero-order chi connectivity index (χ0) is 30.6. The van der Waals surface area contributed by atoms with Gasteiger partial charge in [0, 0.05) is 39.3 Å². The van der Waals surface area contributed by atoms with E-state index in [9.17, 15) is 19.5 Å². The van der Waals surface area contributed by atoms with Crippen molar-refractivity contribution in [2.75, 3.05) is 10.6 Å². The molecule has 0 heterocycles. The van der Waals surface area contributed by atoms with Gasteiger partial charge in [0.2, 0.25) is 0 Å². The van der Waals surface area contributed by atoms with Crippen molar-refractivity contribution < 1.29 is 19.5 Å². The number of benzene rings is 3. The molecule has 3 aromatic carbocycles. The summed E-state index contributed by atoms with van der Waals surface area (Å²) in [6.45, 7) is 5.41. The van der Waals surface area contributed by atoms with Crippen LogP contribution in [0, 0.1) is 0 Å². The van der Waals surface area contributed by atoms with Gasteiger partial charge in [0.15, 0.2) is 6.23 Å². The van der Waals surface area contributed by atoms with Crippen LogP contribution in [0.1, 0.15) is 45.9 Å². The Morgan fingerprint density at radius 2 is 1.60 bits per heavy atom. The molecule has 0 bridgehead atoms. The fraction of sp³-hybridized carbons (Fsp3) is 0.114. The van der Waals surface area contributed by atoms with Crippen molar-refractivity contribution in [2.45, 2.75) is 25.6 Å². The van der Waals surface area contributed by atoms with Crippen LogP contribution in [-0.4, -0.2) is 28.9 Å². The third-order valence-electron chi connectivity index (χ3n) is 6.61. The highest BCUT2D eigenvalue weighted by Crippen LogP contribution is 2.21. The zero-order valence-corrected chi connectivity index (χ0v) is 23.8. The van der Waals surface area contributed by atoms with E-state index in [1.54, 1.807) is 110 Å². The third-order valence-corrected chi connectivity index (χ3v) is 6.61. The van der Waals surface area contributed by atoms with Crippen molar-refractivity contribution in [2.24, 2.45) is 0 Å². The first kappa shape index (κ1) is 30.5. The first-order valence-corrected chi connectivity index (χ1v) is 13.8. The number of nitrogens with one attached hydrogen (secondary N) is 4. The Hall–Kier alpha value is -5.47. The molecule has 218 valence electrons. The number of carbonyl (C=O) groups excluding carboxylic acids is 3. The van der Waals surface area contributed by atoms with Gasteiger partial charge in [-0.05, 0) is 74.0 Å². The predicted molar refractivity (Wildman–Crippen MR) is 170 cm³/mol. The minimum Gasteiger partial charge on any atom is -0.369 e. The van der Waals surface area contributed by atoms with Crippen molar-refractivity contribution in [3.8, 4) is 0 Å². The van der Waals surface area contributed by atoms with Gasteiger partial charge < -0.3 is 26.4 Å². The molecule has 43 heavy (non-hydrogen) atoms. The molecule has 3 aromatic rings. The lowest BCUT2D eigenvalue weighted by Gasteiger charge is -2.19. The fourth-order valence-electron chi connectivity index (χ4n) is 4.28. The first-order chi connectivity index (χ1) is 20.9. The Morgan fingerprint density at radius 3 is 2.28 bits per heavy atom. The van der Waals surface area contributed by atoms with Crippen LogP contribution in [0.3, 0.4) is 0 Å². The van der Waals surface area contributed by atoms with Gasteiger partial charge in [0.05, 0.1) is 6.04 Å². The smallest absolute Gasteiger partial charge is 0.255 e. The second kappa shape index (κ2) is 15.0. The number of amides is 3. The van der Waals surface area contributed by atoms with E-state index in [1.807, 2.05) is 18.2 Å². The number of aliphatic hydroxyl groups excluding tert-OH is 1. The Balaban J connectivity index is 1.29. The van der Waals surface area contributed by atoms with Crippen molar-refractivity contribution in [1.82, 2.24) is 10.6 Å². The maximum absolute atomic E-state index is 12.9. The van der Waals surface area contributed by atoms with Gasteiger partial charge in [-0.25, -0.2) is 0 Å². The Kier molecular flexibility index (Phi) is 10.6. The molecule has 3 amide bonds. The second-order valence-corrected chi connectivity index (χ2v) is 9.70. The maximum atomic E-state index is 12.9. The van der Waals surface area contributed by atoms with E-state index in [0.717, 1.165) is 0 Å². The predicted octanol–water partition coefficient (Wildman–Crippen LogP) is 5.79. The van der Waals surface area contributed by atoms with Crippen LogP contribution >= 0.6 is 0 Å². The molecule has 0 saturated heterocycles. The van der Waals surface area contributed by atoms with Crippen LogP contribution in [-0.2, 0) is 4.79 Å². The summed E-state index contributed by atoms with van der Waals surface area (Å²) in [5, 5.41) is 22.5. The lowest BCUT2D eigenvalue weighted by molar-refractivity contribution is -0.117. The molecule has 8 nitrogen and oxygen atoms in total. The summed E-state index contributed by atoms with van der Waals surface area (Å²) in [4.78, 5) is 37.8. The van der Waals surface area contributed by atoms with Crippen LogP contribution in [0.25, 0.3) is 0 Å². The van der Waals surface area contributed by atoms with Gasteiger partial charge >= 0.3 is 0 Å². The molecule has 2 atom stereocenters. The number of hydrogen-bond acceptors (Lipinski definition) is 5. The van der Waals surface area contributed by atoms with Gasteiger partial charge in [0.25, 0.3) is 17.7 Å². The van der Waals surface area contributed by atoms with Crippen LogP contribution in [0.15, 0.2) is 139 Å². The van der Waals surface area contributed by atoms with Crippen molar-refractivity contribution in [1.29, 1.82) is 0 Å². The lowest BCUT2D eigenvalue weighted by atomic mass is 10.0. The zero-order valence-electron chi connectivity index (χ0n) is 23.8. The summed E-state index contributed by atoms with van der Waals surface area (Å²) < 4.78 is 0. The molecule has 2 unspecified atom stereocenters. The molecule has 8 heteroatoms.